The van der Waals surface area contributed by atoms with Crippen LogP contribution in [0.15, 0.2) is 36.5 Å². The second-order valence-electron chi connectivity index (χ2n) is 5.66. The van der Waals surface area contributed by atoms with Crippen LogP contribution in [0.1, 0.15) is 31.2 Å². The van der Waals surface area contributed by atoms with Crippen molar-refractivity contribution < 1.29 is 4.92 Å². The summed E-state index contributed by atoms with van der Waals surface area (Å²) in [7, 11) is 0. The molecule has 3 rings (SSSR count). The Kier molecular flexibility index (Phi) is 4.71. The van der Waals surface area contributed by atoms with Gasteiger partial charge in [0.1, 0.15) is 6.20 Å². The van der Waals surface area contributed by atoms with Gasteiger partial charge >= 0.3 is 5.69 Å². The van der Waals surface area contributed by atoms with Crippen LogP contribution in [0.3, 0.4) is 0 Å². The highest BCUT2D eigenvalue weighted by Gasteiger charge is 2.30. The van der Waals surface area contributed by atoms with Crippen molar-refractivity contribution in [2.75, 3.05) is 4.90 Å². The molecule has 6 nitrogen and oxygen atoms in total. The van der Waals surface area contributed by atoms with Gasteiger partial charge in [0.2, 0.25) is 11.1 Å². The number of nitrogens with zero attached hydrogens (tertiary/aromatic N) is 4. The highest BCUT2D eigenvalue weighted by molar-refractivity contribution is 6.28. The van der Waals surface area contributed by atoms with Gasteiger partial charge < -0.3 is 4.90 Å². The summed E-state index contributed by atoms with van der Waals surface area (Å²) in [6.07, 6.45) is 5.46. The largest absolute Gasteiger partial charge is 0.343 e. The number of benzene rings is 1. The number of hydrogen-bond donors (Lipinski definition) is 0. The molecule has 23 heavy (non-hydrogen) atoms. The molecule has 1 aliphatic carbocycles. The summed E-state index contributed by atoms with van der Waals surface area (Å²) in [5, 5.41) is 11.4. The fraction of sp³-hybridized carbons (Fsp3) is 0.375. The van der Waals surface area contributed by atoms with Gasteiger partial charge in [0.15, 0.2) is 0 Å². The standard InChI is InChI=1S/C16H17ClN4O2/c17-16-18-10-14(21(22)23)15(19-16)20(13-8-4-5-9-13)11-12-6-2-1-3-7-12/h1-3,6-7,10,13H,4-5,8-9,11H2. The van der Waals surface area contributed by atoms with Crippen LogP contribution in [0.2, 0.25) is 5.28 Å². The number of hydrogen-bond acceptors (Lipinski definition) is 5. The quantitative estimate of drug-likeness (QED) is 0.470. The minimum absolute atomic E-state index is 0.0293. The van der Waals surface area contributed by atoms with Gasteiger partial charge in [-0.2, -0.15) is 4.98 Å². The van der Waals surface area contributed by atoms with Crippen LogP contribution in [0.25, 0.3) is 0 Å². The van der Waals surface area contributed by atoms with Crippen molar-refractivity contribution >= 4 is 23.1 Å². The van der Waals surface area contributed by atoms with E-state index in [4.69, 9.17) is 11.6 Å². The maximum atomic E-state index is 11.4. The summed E-state index contributed by atoms with van der Waals surface area (Å²) in [6, 6.07) is 10.1. The van der Waals surface area contributed by atoms with E-state index in [1.54, 1.807) is 0 Å². The average molecular weight is 333 g/mol. The first kappa shape index (κ1) is 15.7. The van der Waals surface area contributed by atoms with Crippen molar-refractivity contribution in [1.82, 2.24) is 9.97 Å². The number of aromatic nitrogens is 2. The molecule has 0 unspecified atom stereocenters. The average Bonchev–Trinajstić information content (AvgIpc) is 3.07. The second-order valence-corrected chi connectivity index (χ2v) is 5.99. The van der Waals surface area contributed by atoms with Crippen LogP contribution in [0, 0.1) is 10.1 Å². The van der Waals surface area contributed by atoms with Gasteiger partial charge in [-0.1, -0.05) is 43.2 Å². The smallest absolute Gasteiger partial charge is 0.329 e. The normalized spacial score (nSPS) is 14.8. The lowest BCUT2D eigenvalue weighted by molar-refractivity contribution is -0.384. The Hall–Kier alpha value is -2.21. The summed E-state index contributed by atoms with van der Waals surface area (Å²) in [6.45, 7) is 0.569. The van der Waals surface area contributed by atoms with Gasteiger partial charge in [-0.25, -0.2) is 4.98 Å². The number of rotatable bonds is 5. The van der Waals surface area contributed by atoms with Gasteiger partial charge in [0.05, 0.1) is 4.92 Å². The molecule has 2 aromatic rings. The van der Waals surface area contributed by atoms with Crippen LogP contribution in [0.4, 0.5) is 11.5 Å². The predicted octanol–water partition coefficient (Wildman–Crippen LogP) is 3.99. The Morgan fingerprint density at radius 2 is 1.96 bits per heavy atom. The highest BCUT2D eigenvalue weighted by atomic mass is 35.5. The Bertz CT molecular complexity index is 690. The molecular formula is C16H17ClN4O2. The first-order valence-electron chi connectivity index (χ1n) is 7.62. The maximum Gasteiger partial charge on any atom is 0.329 e. The summed E-state index contributed by atoms with van der Waals surface area (Å²) in [5.41, 5.74) is 0.987. The first-order chi connectivity index (χ1) is 11.1. The van der Waals surface area contributed by atoms with E-state index in [0.29, 0.717) is 12.4 Å². The van der Waals surface area contributed by atoms with E-state index in [2.05, 4.69) is 9.97 Å². The number of anilines is 1. The summed E-state index contributed by atoms with van der Waals surface area (Å²) in [5.74, 6) is 0.311. The molecule has 0 aliphatic heterocycles. The monoisotopic (exact) mass is 332 g/mol. The number of halogens is 1. The molecule has 0 spiro atoms. The zero-order valence-corrected chi connectivity index (χ0v) is 13.3. The van der Waals surface area contributed by atoms with Crippen molar-refractivity contribution in [2.45, 2.75) is 38.3 Å². The lowest BCUT2D eigenvalue weighted by Crippen LogP contribution is -2.34. The van der Waals surface area contributed by atoms with E-state index in [1.165, 1.54) is 6.20 Å². The third-order valence-corrected chi connectivity index (χ3v) is 4.33. The van der Waals surface area contributed by atoms with E-state index >= 15 is 0 Å². The molecular weight excluding hydrogens is 316 g/mol. The van der Waals surface area contributed by atoms with Crippen molar-refractivity contribution in [2.24, 2.45) is 0 Å². The van der Waals surface area contributed by atoms with Crippen molar-refractivity contribution in [3.8, 4) is 0 Å². The van der Waals surface area contributed by atoms with E-state index in [1.807, 2.05) is 35.2 Å². The summed E-state index contributed by atoms with van der Waals surface area (Å²) < 4.78 is 0. The molecule has 0 saturated heterocycles. The summed E-state index contributed by atoms with van der Waals surface area (Å²) in [4.78, 5) is 20.9. The lowest BCUT2D eigenvalue weighted by atomic mass is 10.1. The van der Waals surface area contributed by atoms with Gasteiger partial charge in [0, 0.05) is 12.6 Å². The fourth-order valence-corrected chi connectivity index (χ4v) is 3.19. The Morgan fingerprint density at radius 3 is 2.61 bits per heavy atom. The molecule has 1 aromatic heterocycles. The molecule has 0 bridgehead atoms. The first-order valence-corrected chi connectivity index (χ1v) is 8.00. The molecule has 1 aliphatic rings. The van der Waals surface area contributed by atoms with Crippen molar-refractivity contribution in [1.29, 1.82) is 0 Å². The molecule has 1 saturated carbocycles. The third kappa shape index (κ3) is 3.59. The Balaban J connectivity index is 2.01. The molecule has 7 heteroatoms. The second kappa shape index (κ2) is 6.91. The number of nitro groups is 1. The van der Waals surface area contributed by atoms with Crippen LogP contribution < -0.4 is 4.90 Å². The molecule has 0 amide bonds. The molecule has 120 valence electrons. The molecule has 1 fully saturated rings. The molecule has 0 radical (unpaired) electrons. The van der Waals surface area contributed by atoms with E-state index in [9.17, 15) is 10.1 Å². The van der Waals surface area contributed by atoms with Gasteiger partial charge in [0.25, 0.3) is 0 Å². The zero-order chi connectivity index (χ0) is 16.2. The van der Waals surface area contributed by atoms with Crippen LogP contribution >= 0.6 is 11.6 Å². The van der Waals surface area contributed by atoms with Crippen LogP contribution in [-0.2, 0) is 6.54 Å². The Morgan fingerprint density at radius 1 is 1.26 bits per heavy atom. The topological polar surface area (TPSA) is 72.2 Å². The van der Waals surface area contributed by atoms with Gasteiger partial charge in [-0.3, -0.25) is 10.1 Å². The predicted molar refractivity (Wildman–Crippen MR) is 88.6 cm³/mol. The molecule has 0 atom stereocenters. The highest BCUT2D eigenvalue weighted by Crippen LogP contribution is 2.34. The van der Waals surface area contributed by atoms with Crippen LogP contribution in [-0.4, -0.2) is 20.9 Å². The Labute approximate surface area is 139 Å². The minimum atomic E-state index is -0.446. The van der Waals surface area contributed by atoms with Crippen molar-refractivity contribution in [3.05, 3.63) is 57.5 Å². The van der Waals surface area contributed by atoms with Gasteiger partial charge in [-0.05, 0) is 30.0 Å². The maximum absolute atomic E-state index is 11.4. The van der Waals surface area contributed by atoms with Crippen LogP contribution in [0.5, 0.6) is 0 Å². The molecule has 0 N–H and O–H groups in total. The minimum Gasteiger partial charge on any atom is -0.343 e. The zero-order valence-electron chi connectivity index (χ0n) is 12.6. The molecule has 1 heterocycles. The third-order valence-electron chi connectivity index (χ3n) is 4.15. The van der Waals surface area contributed by atoms with Gasteiger partial charge in [-0.15, -0.1) is 0 Å². The lowest BCUT2D eigenvalue weighted by Gasteiger charge is -2.29. The van der Waals surface area contributed by atoms with E-state index in [-0.39, 0.29) is 17.0 Å². The van der Waals surface area contributed by atoms with E-state index < -0.39 is 4.92 Å². The van der Waals surface area contributed by atoms with Crippen molar-refractivity contribution in [3.63, 3.8) is 0 Å². The SMILES string of the molecule is O=[N+]([O-])c1cnc(Cl)nc1N(Cc1ccccc1)C1CCCC1. The van der Waals surface area contributed by atoms with E-state index in [0.717, 1.165) is 31.2 Å². The summed E-state index contributed by atoms with van der Waals surface area (Å²) >= 11 is 5.90. The molecule has 1 aromatic carbocycles. The fourth-order valence-electron chi connectivity index (χ4n) is 3.06.